The number of fused-ring (bicyclic) bond motifs is 1. The molecule has 208 valence electrons. The second kappa shape index (κ2) is 11.7. The molecule has 4 nitrogen and oxygen atoms in total. The number of nitrogens with one attached hydrogen (secondary N) is 1. The SMILES string of the molecule is CCOC(=O)Cc1cc(N2CC[C@H](N[C@H](C)c3cccc4ccccc34)C2)ccc1-c1ccc(C(F)(F)F)cc1. The van der Waals surface area contributed by atoms with Crippen LogP contribution in [0.5, 0.6) is 0 Å². The molecule has 40 heavy (non-hydrogen) atoms. The van der Waals surface area contributed by atoms with Gasteiger partial charge >= 0.3 is 12.1 Å². The summed E-state index contributed by atoms with van der Waals surface area (Å²) in [4.78, 5) is 14.7. The average Bonchev–Trinajstić information content (AvgIpc) is 3.41. The molecule has 4 aromatic rings. The Morgan fingerprint density at radius 1 is 1.02 bits per heavy atom. The lowest BCUT2D eigenvalue weighted by atomic mass is 9.96. The summed E-state index contributed by atoms with van der Waals surface area (Å²) < 4.78 is 44.5. The van der Waals surface area contributed by atoms with E-state index in [1.807, 2.05) is 18.2 Å². The minimum atomic E-state index is -4.40. The maximum atomic E-state index is 13.1. The highest BCUT2D eigenvalue weighted by Gasteiger charge is 2.30. The maximum absolute atomic E-state index is 13.1. The standard InChI is InChI=1S/C33H33F3N2O2/c1-3-40-32(39)20-25-19-28(15-16-30(25)24-11-13-26(14-12-24)33(34,35)36)38-18-17-27(21-38)37-22(2)29-10-6-8-23-7-4-5-9-31(23)29/h4-16,19,22,27,37H,3,17-18,20-21H2,1-2H3/t22-,27+/m1/s1. The van der Waals surface area contributed by atoms with Crippen LogP contribution in [0.4, 0.5) is 18.9 Å². The molecular weight excluding hydrogens is 513 g/mol. The Morgan fingerprint density at radius 3 is 2.52 bits per heavy atom. The first kappa shape index (κ1) is 27.7. The van der Waals surface area contributed by atoms with Crippen molar-refractivity contribution in [2.24, 2.45) is 0 Å². The van der Waals surface area contributed by atoms with Gasteiger partial charge in [-0.1, -0.05) is 60.7 Å². The zero-order valence-electron chi connectivity index (χ0n) is 22.7. The molecule has 1 aliphatic heterocycles. The molecule has 0 radical (unpaired) electrons. The van der Waals surface area contributed by atoms with Gasteiger partial charge in [0.25, 0.3) is 0 Å². The van der Waals surface area contributed by atoms with Gasteiger partial charge in [-0.2, -0.15) is 13.2 Å². The topological polar surface area (TPSA) is 41.6 Å². The summed E-state index contributed by atoms with van der Waals surface area (Å²) in [5, 5.41) is 6.28. The van der Waals surface area contributed by atoms with Gasteiger partial charge in [0.1, 0.15) is 0 Å². The fourth-order valence-corrected chi connectivity index (χ4v) is 5.61. The number of carbonyl (C=O) groups is 1. The number of rotatable bonds is 8. The molecule has 0 spiro atoms. The van der Waals surface area contributed by atoms with Crippen molar-refractivity contribution in [1.29, 1.82) is 0 Å². The summed E-state index contributed by atoms with van der Waals surface area (Å²) in [5.74, 6) is -0.363. The lowest BCUT2D eigenvalue weighted by molar-refractivity contribution is -0.142. The Balaban J connectivity index is 1.34. The van der Waals surface area contributed by atoms with Crippen LogP contribution in [0.2, 0.25) is 0 Å². The van der Waals surface area contributed by atoms with Crippen molar-refractivity contribution in [2.75, 3.05) is 24.6 Å². The summed E-state index contributed by atoms with van der Waals surface area (Å²) in [6, 6.07) is 26.2. The first-order chi connectivity index (χ1) is 19.2. The smallest absolute Gasteiger partial charge is 0.416 e. The molecule has 0 aliphatic carbocycles. The second-order valence-electron chi connectivity index (χ2n) is 10.3. The molecule has 0 aromatic heterocycles. The van der Waals surface area contributed by atoms with Crippen molar-refractivity contribution < 1.29 is 22.7 Å². The minimum absolute atomic E-state index is 0.0473. The lowest BCUT2D eigenvalue weighted by Gasteiger charge is -2.24. The molecule has 0 unspecified atom stereocenters. The second-order valence-corrected chi connectivity index (χ2v) is 10.3. The monoisotopic (exact) mass is 546 g/mol. The third-order valence-electron chi connectivity index (χ3n) is 7.58. The van der Waals surface area contributed by atoms with E-state index in [4.69, 9.17) is 4.74 Å². The van der Waals surface area contributed by atoms with Crippen LogP contribution < -0.4 is 10.2 Å². The highest BCUT2D eigenvalue weighted by atomic mass is 19.4. The van der Waals surface area contributed by atoms with E-state index < -0.39 is 11.7 Å². The Morgan fingerprint density at radius 2 is 1.77 bits per heavy atom. The number of hydrogen-bond donors (Lipinski definition) is 1. The molecule has 0 amide bonds. The van der Waals surface area contributed by atoms with Crippen LogP contribution in [0.25, 0.3) is 21.9 Å². The van der Waals surface area contributed by atoms with Crippen LogP contribution in [-0.4, -0.2) is 31.7 Å². The van der Waals surface area contributed by atoms with E-state index in [1.165, 1.54) is 28.5 Å². The fourth-order valence-electron chi connectivity index (χ4n) is 5.61. The van der Waals surface area contributed by atoms with E-state index in [-0.39, 0.29) is 31.1 Å². The van der Waals surface area contributed by atoms with Crippen LogP contribution in [0, 0.1) is 0 Å². The predicted molar refractivity (Wildman–Crippen MR) is 153 cm³/mol. The number of hydrogen-bond acceptors (Lipinski definition) is 4. The van der Waals surface area contributed by atoms with E-state index in [9.17, 15) is 18.0 Å². The summed E-state index contributed by atoms with van der Waals surface area (Å²) in [5.41, 5.74) is 3.64. The molecule has 1 heterocycles. The Bertz CT molecular complexity index is 1480. The highest BCUT2D eigenvalue weighted by molar-refractivity contribution is 5.86. The van der Waals surface area contributed by atoms with Gasteiger partial charge in [0, 0.05) is 30.9 Å². The predicted octanol–water partition coefficient (Wildman–Crippen LogP) is 7.56. The van der Waals surface area contributed by atoms with E-state index in [2.05, 4.69) is 59.6 Å². The third kappa shape index (κ3) is 6.15. The van der Waals surface area contributed by atoms with Gasteiger partial charge in [-0.3, -0.25) is 4.79 Å². The molecule has 5 rings (SSSR count). The summed E-state index contributed by atoms with van der Waals surface area (Å²) in [6.07, 6.45) is -3.38. The van der Waals surface area contributed by atoms with Crippen molar-refractivity contribution >= 4 is 22.4 Å². The van der Waals surface area contributed by atoms with Crippen molar-refractivity contribution in [1.82, 2.24) is 5.32 Å². The molecule has 1 N–H and O–H groups in total. The number of nitrogens with zero attached hydrogens (tertiary/aromatic N) is 1. The first-order valence-electron chi connectivity index (χ1n) is 13.7. The molecule has 7 heteroatoms. The fraction of sp³-hybridized carbons (Fsp3) is 0.303. The van der Waals surface area contributed by atoms with Gasteiger partial charge in [-0.05, 0) is 77.6 Å². The molecule has 4 aromatic carbocycles. The molecule has 2 atom stereocenters. The molecule has 1 fully saturated rings. The molecular formula is C33H33F3N2O2. The van der Waals surface area contributed by atoms with Crippen molar-refractivity contribution in [3.8, 4) is 11.1 Å². The Hall–Kier alpha value is -3.84. The minimum Gasteiger partial charge on any atom is -0.466 e. The lowest BCUT2D eigenvalue weighted by Crippen LogP contribution is -2.34. The normalized spacial score (nSPS) is 16.3. The number of anilines is 1. The van der Waals surface area contributed by atoms with E-state index >= 15 is 0 Å². The van der Waals surface area contributed by atoms with Crippen LogP contribution in [-0.2, 0) is 22.1 Å². The summed E-state index contributed by atoms with van der Waals surface area (Å²) in [7, 11) is 0. The molecule has 0 bridgehead atoms. The summed E-state index contributed by atoms with van der Waals surface area (Å²) >= 11 is 0. The number of halogens is 3. The molecule has 1 aliphatic rings. The van der Waals surface area contributed by atoms with Gasteiger partial charge in [0.2, 0.25) is 0 Å². The Kier molecular flexibility index (Phi) is 8.12. The zero-order valence-corrected chi connectivity index (χ0v) is 22.7. The van der Waals surface area contributed by atoms with Crippen LogP contribution in [0.1, 0.15) is 43.0 Å². The highest BCUT2D eigenvalue weighted by Crippen LogP contribution is 2.34. The number of esters is 1. The quantitative estimate of drug-likeness (QED) is 0.232. The van der Waals surface area contributed by atoms with Gasteiger partial charge in [-0.15, -0.1) is 0 Å². The zero-order chi connectivity index (χ0) is 28.3. The summed E-state index contributed by atoms with van der Waals surface area (Å²) in [6.45, 7) is 5.89. The van der Waals surface area contributed by atoms with E-state index in [1.54, 1.807) is 6.92 Å². The average molecular weight is 547 g/mol. The molecule has 1 saturated heterocycles. The van der Waals surface area contributed by atoms with E-state index in [0.29, 0.717) is 5.56 Å². The van der Waals surface area contributed by atoms with Crippen LogP contribution in [0.15, 0.2) is 84.9 Å². The number of alkyl halides is 3. The van der Waals surface area contributed by atoms with Gasteiger partial charge in [-0.25, -0.2) is 0 Å². The maximum Gasteiger partial charge on any atom is 0.416 e. The van der Waals surface area contributed by atoms with Crippen molar-refractivity contribution in [2.45, 2.75) is 44.9 Å². The van der Waals surface area contributed by atoms with E-state index in [0.717, 1.165) is 48.5 Å². The first-order valence-corrected chi connectivity index (χ1v) is 13.7. The third-order valence-corrected chi connectivity index (χ3v) is 7.58. The number of carbonyl (C=O) groups excluding carboxylic acids is 1. The van der Waals surface area contributed by atoms with Crippen LogP contribution in [0.3, 0.4) is 0 Å². The largest absolute Gasteiger partial charge is 0.466 e. The van der Waals surface area contributed by atoms with Gasteiger partial charge in [0.15, 0.2) is 0 Å². The number of benzene rings is 4. The van der Waals surface area contributed by atoms with Gasteiger partial charge < -0.3 is 15.0 Å². The van der Waals surface area contributed by atoms with Crippen molar-refractivity contribution in [3.63, 3.8) is 0 Å². The number of ether oxygens (including phenoxy) is 1. The van der Waals surface area contributed by atoms with Gasteiger partial charge in [0.05, 0.1) is 18.6 Å². The Labute approximate surface area is 232 Å². The van der Waals surface area contributed by atoms with Crippen LogP contribution >= 0.6 is 0 Å². The van der Waals surface area contributed by atoms with Crippen molar-refractivity contribution in [3.05, 3.63) is 102 Å². The molecule has 0 saturated carbocycles.